The first-order valence-corrected chi connectivity index (χ1v) is 5.10. The van der Waals surface area contributed by atoms with Gasteiger partial charge < -0.3 is 14.5 Å². The van der Waals surface area contributed by atoms with Gasteiger partial charge >= 0.3 is 6.08 Å². The maximum absolute atomic E-state index is 5.38. The first kappa shape index (κ1) is 9.52. The number of aromatic nitrogens is 1. The van der Waals surface area contributed by atoms with E-state index in [0.29, 0.717) is 6.08 Å². The number of hydrogen-bond donors (Lipinski definition) is 1. The molecule has 0 atom stereocenters. The Bertz CT molecular complexity index is 281. The van der Waals surface area contributed by atoms with Crippen LogP contribution in [0.25, 0.3) is 0 Å². The summed E-state index contributed by atoms with van der Waals surface area (Å²) in [7, 11) is 1.88. The van der Waals surface area contributed by atoms with Gasteiger partial charge in [-0.1, -0.05) is 12.8 Å². The van der Waals surface area contributed by atoms with E-state index in [-0.39, 0.29) is 0 Å². The van der Waals surface area contributed by atoms with Crippen molar-refractivity contribution >= 4 is 0 Å². The predicted octanol–water partition coefficient (Wildman–Crippen LogP) is 1.57. The topological polar surface area (TPSA) is 47.3 Å². The smallest absolute Gasteiger partial charge is 0.393 e. The first-order valence-electron chi connectivity index (χ1n) is 5.10. The molecule has 78 valence electrons. The van der Waals surface area contributed by atoms with Crippen LogP contribution in [-0.4, -0.2) is 18.6 Å². The molecule has 1 aliphatic carbocycles. The van der Waals surface area contributed by atoms with Gasteiger partial charge in [-0.2, -0.15) is 4.98 Å². The van der Waals surface area contributed by atoms with Gasteiger partial charge in [-0.25, -0.2) is 0 Å². The lowest BCUT2D eigenvalue weighted by Crippen LogP contribution is -2.05. The highest BCUT2D eigenvalue weighted by atomic mass is 16.6. The molecule has 1 heterocycles. The van der Waals surface area contributed by atoms with E-state index in [9.17, 15) is 0 Å². The summed E-state index contributed by atoms with van der Waals surface area (Å²) in [5.74, 6) is 0.891. The summed E-state index contributed by atoms with van der Waals surface area (Å²) in [6.07, 6.45) is 5.88. The third kappa shape index (κ3) is 2.73. The molecule has 0 bridgehead atoms. The van der Waals surface area contributed by atoms with Gasteiger partial charge in [0.05, 0.1) is 12.3 Å². The summed E-state index contributed by atoms with van der Waals surface area (Å²) in [6.45, 7) is 1.44. The van der Waals surface area contributed by atoms with E-state index < -0.39 is 0 Å². The largest absolute Gasteiger partial charge is 0.450 e. The molecule has 0 aromatic carbocycles. The highest BCUT2D eigenvalue weighted by molar-refractivity contribution is 4.99. The van der Waals surface area contributed by atoms with Gasteiger partial charge in [-0.05, 0) is 19.4 Å². The lowest BCUT2D eigenvalue weighted by atomic mass is 10.3. The molecule has 0 unspecified atom stereocenters. The maximum Gasteiger partial charge on any atom is 0.393 e. The SMILES string of the molecule is CNCc1coc(OCCC2CC2)n1. The number of rotatable bonds is 6. The van der Waals surface area contributed by atoms with Crippen molar-refractivity contribution in [1.29, 1.82) is 0 Å². The Balaban J connectivity index is 1.71. The standard InChI is InChI=1S/C10H16N2O2/c1-11-6-9-7-14-10(12-9)13-5-4-8-2-3-8/h7-8,11H,2-6H2,1H3. The molecular weight excluding hydrogens is 180 g/mol. The molecule has 1 N–H and O–H groups in total. The number of nitrogens with one attached hydrogen (secondary N) is 1. The number of nitrogens with zero attached hydrogens (tertiary/aromatic N) is 1. The van der Waals surface area contributed by atoms with Crippen molar-refractivity contribution in [3.8, 4) is 6.08 Å². The molecule has 1 aliphatic rings. The van der Waals surface area contributed by atoms with Crippen LogP contribution >= 0.6 is 0 Å². The van der Waals surface area contributed by atoms with Crippen LogP contribution in [0, 0.1) is 5.92 Å². The average Bonchev–Trinajstić information content (AvgIpc) is 2.88. The highest BCUT2D eigenvalue weighted by Crippen LogP contribution is 2.32. The van der Waals surface area contributed by atoms with Crippen LogP contribution in [0.2, 0.25) is 0 Å². The van der Waals surface area contributed by atoms with Crippen molar-refractivity contribution in [1.82, 2.24) is 10.3 Å². The van der Waals surface area contributed by atoms with E-state index in [1.807, 2.05) is 7.05 Å². The van der Waals surface area contributed by atoms with Crippen molar-refractivity contribution in [2.45, 2.75) is 25.8 Å². The average molecular weight is 196 g/mol. The number of oxazole rings is 1. The van der Waals surface area contributed by atoms with Gasteiger partial charge in [0, 0.05) is 6.54 Å². The van der Waals surface area contributed by atoms with Crippen molar-refractivity contribution in [3.05, 3.63) is 12.0 Å². The highest BCUT2D eigenvalue weighted by Gasteiger charge is 2.21. The van der Waals surface area contributed by atoms with Crippen LogP contribution in [-0.2, 0) is 6.54 Å². The Morgan fingerprint density at radius 3 is 3.21 bits per heavy atom. The Hall–Kier alpha value is -1.03. The van der Waals surface area contributed by atoms with Crippen LogP contribution < -0.4 is 10.1 Å². The third-order valence-electron chi connectivity index (χ3n) is 2.34. The second-order valence-electron chi connectivity index (χ2n) is 3.72. The molecule has 1 aromatic rings. The van der Waals surface area contributed by atoms with Crippen molar-refractivity contribution < 1.29 is 9.15 Å². The number of hydrogen-bond acceptors (Lipinski definition) is 4. The summed E-state index contributed by atoms with van der Waals surface area (Å²) >= 11 is 0. The van der Waals surface area contributed by atoms with E-state index in [0.717, 1.165) is 31.2 Å². The normalized spacial score (nSPS) is 15.8. The van der Waals surface area contributed by atoms with Gasteiger partial charge in [0.15, 0.2) is 0 Å². The molecule has 4 nitrogen and oxygen atoms in total. The van der Waals surface area contributed by atoms with Gasteiger partial charge in [0.25, 0.3) is 0 Å². The van der Waals surface area contributed by atoms with E-state index in [4.69, 9.17) is 9.15 Å². The summed E-state index contributed by atoms with van der Waals surface area (Å²) < 4.78 is 10.5. The molecule has 1 aromatic heterocycles. The predicted molar refractivity (Wildman–Crippen MR) is 52.1 cm³/mol. The minimum atomic E-state index is 0.399. The molecular formula is C10H16N2O2. The fourth-order valence-electron chi connectivity index (χ4n) is 1.34. The molecule has 1 fully saturated rings. The van der Waals surface area contributed by atoms with Crippen LogP contribution in [0.15, 0.2) is 10.7 Å². The Kier molecular flexibility index (Phi) is 3.03. The van der Waals surface area contributed by atoms with Crippen molar-refractivity contribution in [2.24, 2.45) is 5.92 Å². The minimum absolute atomic E-state index is 0.399. The molecule has 4 heteroatoms. The Morgan fingerprint density at radius 2 is 2.50 bits per heavy atom. The molecule has 0 spiro atoms. The molecule has 0 radical (unpaired) electrons. The van der Waals surface area contributed by atoms with E-state index in [1.165, 1.54) is 12.8 Å². The van der Waals surface area contributed by atoms with Crippen LogP contribution in [0.5, 0.6) is 6.08 Å². The van der Waals surface area contributed by atoms with Crippen LogP contribution in [0.1, 0.15) is 25.0 Å². The molecule has 1 saturated carbocycles. The second-order valence-corrected chi connectivity index (χ2v) is 3.72. The molecule has 0 saturated heterocycles. The van der Waals surface area contributed by atoms with Gasteiger partial charge in [0.2, 0.25) is 0 Å². The van der Waals surface area contributed by atoms with E-state index in [1.54, 1.807) is 6.26 Å². The van der Waals surface area contributed by atoms with E-state index >= 15 is 0 Å². The molecule has 0 aliphatic heterocycles. The monoisotopic (exact) mass is 196 g/mol. The lowest BCUT2D eigenvalue weighted by Gasteiger charge is -1.98. The van der Waals surface area contributed by atoms with Gasteiger partial charge in [0.1, 0.15) is 6.26 Å². The van der Waals surface area contributed by atoms with Crippen molar-refractivity contribution in [3.63, 3.8) is 0 Å². The van der Waals surface area contributed by atoms with Gasteiger partial charge in [-0.15, -0.1) is 0 Å². The molecule has 0 amide bonds. The zero-order valence-electron chi connectivity index (χ0n) is 8.45. The third-order valence-corrected chi connectivity index (χ3v) is 2.34. The van der Waals surface area contributed by atoms with Crippen molar-refractivity contribution in [2.75, 3.05) is 13.7 Å². The maximum atomic E-state index is 5.38. The second kappa shape index (κ2) is 4.46. The minimum Gasteiger partial charge on any atom is -0.450 e. The first-order chi connectivity index (χ1) is 6.88. The Labute approximate surface area is 83.7 Å². The van der Waals surface area contributed by atoms with Crippen LogP contribution in [0.3, 0.4) is 0 Å². The quantitative estimate of drug-likeness (QED) is 0.750. The fraction of sp³-hybridized carbons (Fsp3) is 0.700. The summed E-state index contributed by atoms with van der Waals surface area (Å²) in [4.78, 5) is 4.17. The van der Waals surface area contributed by atoms with E-state index in [2.05, 4.69) is 10.3 Å². The zero-order chi connectivity index (χ0) is 9.80. The van der Waals surface area contributed by atoms with Gasteiger partial charge in [-0.3, -0.25) is 0 Å². The molecule has 14 heavy (non-hydrogen) atoms. The lowest BCUT2D eigenvalue weighted by molar-refractivity contribution is 0.222. The van der Waals surface area contributed by atoms with Crippen LogP contribution in [0.4, 0.5) is 0 Å². The molecule has 2 rings (SSSR count). The summed E-state index contributed by atoms with van der Waals surface area (Å²) in [5.41, 5.74) is 0.883. The number of ether oxygens (including phenoxy) is 1. The zero-order valence-corrected chi connectivity index (χ0v) is 8.45. The summed E-state index contributed by atoms with van der Waals surface area (Å²) in [5, 5.41) is 3.00. The Morgan fingerprint density at radius 1 is 1.64 bits per heavy atom. The fourth-order valence-corrected chi connectivity index (χ4v) is 1.34. The summed E-state index contributed by atoms with van der Waals surface area (Å²) in [6, 6.07) is 0.